The summed E-state index contributed by atoms with van der Waals surface area (Å²) in [5.41, 5.74) is 4.38. The van der Waals surface area contributed by atoms with Crippen LogP contribution in [0.25, 0.3) is 17.2 Å². The summed E-state index contributed by atoms with van der Waals surface area (Å²) in [7, 11) is 6.56. The predicted molar refractivity (Wildman–Crippen MR) is 95.7 cm³/mol. The second kappa shape index (κ2) is 7.25. The van der Waals surface area contributed by atoms with E-state index in [0.29, 0.717) is 11.5 Å². The third-order valence-corrected chi connectivity index (χ3v) is 4.16. The number of methoxy groups -OCH3 is 3. The molecule has 0 aliphatic carbocycles. The lowest BCUT2D eigenvalue weighted by Gasteiger charge is -2.16. The van der Waals surface area contributed by atoms with Crippen LogP contribution in [0.5, 0.6) is 11.5 Å². The molecule has 5 nitrogen and oxygen atoms in total. The van der Waals surface area contributed by atoms with E-state index < -0.39 is 0 Å². The van der Waals surface area contributed by atoms with E-state index in [9.17, 15) is 4.79 Å². The Morgan fingerprint density at radius 3 is 2.08 bits per heavy atom. The highest BCUT2D eigenvalue weighted by Crippen LogP contribution is 2.37. The highest BCUT2D eigenvalue weighted by Gasteiger charge is 2.15. The maximum Gasteiger partial charge on any atom is 0.253 e. The minimum atomic E-state index is 0.00910. The molecule has 0 saturated carbocycles. The van der Waals surface area contributed by atoms with Gasteiger partial charge in [-0.05, 0) is 43.2 Å². The lowest BCUT2D eigenvalue weighted by atomic mass is 9.97. The van der Waals surface area contributed by atoms with Crippen molar-refractivity contribution in [1.29, 1.82) is 0 Å². The summed E-state index contributed by atoms with van der Waals surface area (Å²) in [4.78, 5) is 12.1. The predicted octanol–water partition coefficient (Wildman–Crippen LogP) is 3.30. The minimum Gasteiger partial charge on any atom is -0.504 e. The lowest BCUT2D eigenvalue weighted by Crippen LogP contribution is -2.20. The fourth-order valence-corrected chi connectivity index (χ4v) is 2.66. The van der Waals surface area contributed by atoms with Gasteiger partial charge in [0.1, 0.15) is 11.5 Å². The maximum absolute atomic E-state index is 12.1. The Labute approximate surface area is 142 Å². The first kappa shape index (κ1) is 17.7. The first-order chi connectivity index (χ1) is 11.4. The van der Waals surface area contributed by atoms with Crippen molar-refractivity contribution in [2.45, 2.75) is 13.8 Å². The molecule has 0 unspecified atom stereocenters. The first-order valence-corrected chi connectivity index (χ1v) is 7.57. The summed E-state index contributed by atoms with van der Waals surface area (Å²) in [5.74, 6) is 1.34. The van der Waals surface area contributed by atoms with Gasteiger partial charge in [0, 0.05) is 24.4 Å². The molecule has 5 heteroatoms. The highest BCUT2D eigenvalue weighted by molar-refractivity contribution is 5.76. The van der Waals surface area contributed by atoms with Crippen LogP contribution in [0.2, 0.25) is 0 Å². The second-order valence-electron chi connectivity index (χ2n) is 5.54. The quantitative estimate of drug-likeness (QED) is 0.790. The Morgan fingerprint density at radius 2 is 1.58 bits per heavy atom. The fourth-order valence-electron chi connectivity index (χ4n) is 2.66. The molecule has 0 N–H and O–H groups in total. The number of pyridine rings is 1. The molecular formula is C19H23NO4. The second-order valence-corrected chi connectivity index (χ2v) is 5.54. The van der Waals surface area contributed by atoms with Crippen molar-refractivity contribution in [2.75, 3.05) is 21.3 Å². The van der Waals surface area contributed by atoms with E-state index in [4.69, 9.17) is 14.2 Å². The van der Waals surface area contributed by atoms with E-state index in [2.05, 4.69) is 0 Å². The third-order valence-electron chi connectivity index (χ3n) is 4.16. The lowest BCUT2D eigenvalue weighted by molar-refractivity contribution is 0.340. The molecule has 1 aromatic carbocycles. The van der Waals surface area contributed by atoms with Crippen molar-refractivity contribution < 1.29 is 14.2 Å². The van der Waals surface area contributed by atoms with Crippen molar-refractivity contribution in [3.63, 3.8) is 0 Å². The number of hydrogen-bond donors (Lipinski definition) is 0. The standard InChI is InChI=1S/C19H23NO4/c1-12-13(2)19(21)20(3)11-16(12)14-9-17(23-5)15(7-8-22-4)18(10-14)24-6/h7-11H,1-6H3/b8-7+. The van der Waals surface area contributed by atoms with E-state index in [1.54, 1.807) is 45.3 Å². The molecule has 0 radical (unpaired) electrons. The van der Waals surface area contributed by atoms with Gasteiger partial charge in [0.25, 0.3) is 5.56 Å². The van der Waals surface area contributed by atoms with Gasteiger partial charge in [0.05, 0.1) is 33.2 Å². The Kier molecular flexibility index (Phi) is 5.34. The normalized spacial score (nSPS) is 10.9. The van der Waals surface area contributed by atoms with E-state index in [-0.39, 0.29) is 5.56 Å². The van der Waals surface area contributed by atoms with Crippen LogP contribution in [0, 0.1) is 13.8 Å². The maximum atomic E-state index is 12.1. The Balaban J connectivity index is 2.73. The Bertz CT molecular complexity index is 809. The molecule has 128 valence electrons. The number of ether oxygens (including phenoxy) is 3. The minimum absolute atomic E-state index is 0.00910. The van der Waals surface area contributed by atoms with Gasteiger partial charge in [0.2, 0.25) is 0 Å². The van der Waals surface area contributed by atoms with E-state index in [1.165, 1.54) is 0 Å². The third kappa shape index (κ3) is 3.15. The van der Waals surface area contributed by atoms with Crippen molar-refractivity contribution in [3.8, 4) is 22.6 Å². The van der Waals surface area contributed by atoms with E-state index in [1.807, 2.05) is 32.2 Å². The average Bonchev–Trinajstić information content (AvgIpc) is 2.60. The molecule has 0 fully saturated rings. The van der Waals surface area contributed by atoms with Gasteiger partial charge in [-0.15, -0.1) is 0 Å². The van der Waals surface area contributed by atoms with E-state index in [0.717, 1.165) is 27.8 Å². The summed E-state index contributed by atoms with van der Waals surface area (Å²) < 4.78 is 17.6. The number of hydrogen-bond acceptors (Lipinski definition) is 4. The average molecular weight is 329 g/mol. The molecule has 2 rings (SSSR count). The van der Waals surface area contributed by atoms with Gasteiger partial charge in [-0.3, -0.25) is 4.79 Å². The largest absolute Gasteiger partial charge is 0.504 e. The number of aromatic nitrogens is 1. The monoisotopic (exact) mass is 329 g/mol. The zero-order valence-corrected chi connectivity index (χ0v) is 15.0. The molecule has 24 heavy (non-hydrogen) atoms. The molecule has 0 atom stereocenters. The summed E-state index contributed by atoms with van der Waals surface area (Å²) in [6, 6.07) is 3.87. The van der Waals surface area contributed by atoms with Crippen LogP contribution < -0.4 is 15.0 Å². The van der Waals surface area contributed by atoms with Crippen LogP contribution >= 0.6 is 0 Å². The topological polar surface area (TPSA) is 49.7 Å². The van der Waals surface area contributed by atoms with Crippen LogP contribution in [-0.2, 0) is 11.8 Å². The van der Waals surface area contributed by atoms with Crippen molar-refractivity contribution in [1.82, 2.24) is 4.57 Å². The van der Waals surface area contributed by atoms with Crippen LogP contribution in [0.15, 0.2) is 29.4 Å². The molecule has 2 aromatic rings. The molecule has 0 aliphatic rings. The molecule has 0 saturated heterocycles. The van der Waals surface area contributed by atoms with Crippen LogP contribution in [0.3, 0.4) is 0 Å². The molecule has 1 aromatic heterocycles. The molecule has 0 amide bonds. The summed E-state index contributed by atoms with van der Waals surface area (Å²) in [5, 5.41) is 0. The van der Waals surface area contributed by atoms with Crippen LogP contribution in [0.4, 0.5) is 0 Å². The fraction of sp³-hybridized carbons (Fsp3) is 0.316. The highest BCUT2D eigenvalue weighted by atomic mass is 16.5. The van der Waals surface area contributed by atoms with Crippen molar-refractivity contribution in [3.05, 3.63) is 51.6 Å². The Hall–Kier alpha value is -2.69. The summed E-state index contributed by atoms with van der Waals surface area (Å²) >= 11 is 0. The molecule has 0 aliphatic heterocycles. The van der Waals surface area contributed by atoms with Crippen molar-refractivity contribution >= 4 is 6.08 Å². The SMILES string of the molecule is CO/C=C/c1c(OC)cc(-c2cn(C)c(=O)c(C)c2C)cc1OC. The van der Waals surface area contributed by atoms with Gasteiger partial charge in [0.15, 0.2) is 0 Å². The molecule has 0 bridgehead atoms. The molecular weight excluding hydrogens is 306 g/mol. The van der Waals surface area contributed by atoms with Crippen LogP contribution in [-0.4, -0.2) is 25.9 Å². The number of aryl methyl sites for hydroxylation is 1. The van der Waals surface area contributed by atoms with Crippen molar-refractivity contribution in [2.24, 2.45) is 7.05 Å². The zero-order valence-electron chi connectivity index (χ0n) is 15.0. The smallest absolute Gasteiger partial charge is 0.253 e. The van der Waals surface area contributed by atoms with Gasteiger partial charge in [-0.25, -0.2) is 0 Å². The number of rotatable bonds is 5. The summed E-state index contributed by atoms with van der Waals surface area (Å²) in [6.45, 7) is 3.79. The molecule has 1 heterocycles. The number of nitrogens with zero attached hydrogens (tertiary/aromatic N) is 1. The zero-order chi connectivity index (χ0) is 17.9. The Morgan fingerprint density at radius 1 is 1.00 bits per heavy atom. The van der Waals surface area contributed by atoms with Gasteiger partial charge in [-0.2, -0.15) is 0 Å². The van der Waals surface area contributed by atoms with Gasteiger partial charge >= 0.3 is 0 Å². The summed E-state index contributed by atoms with van der Waals surface area (Å²) in [6.07, 6.45) is 5.20. The molecule has 0 spiro atoms. The van der Waals surface area contributed by atoms with Gasteiger partial charge in [-0.1, -0.05) is 0 Å². The first-order valence-electron chi connectivity index (χ1n) is 7.57. The van der Waals surface area contributed by atoms with E-state index >= 15 is 0 Å². The van der Waals surface area contributed by atoms with Crippen LogP contribution in [0.1, 0.15) is 16.7 Å². The van der Waals surface area contributed by atoms with Gasteiger partial charge < -0.3 is 18.8 Å². The number of benzene rings is 1.